The van der Waals surface area contributed by atoms with Crippen LogP contribution in [0.3, 0.4) is 0 Å². The molecule has 3 aliphatic rings. The molecular formula is C39H60N2O13. The van der Waals surface area contributed by atoms with Gasteiger partial charge in [-0.1, -0.05) is 38.2 Å². The maximum Gasteiger partial charge on any atom is 0.251 e. The first-order chi connectivity index (χ1) is 25.7. The van der Waals surface area contributed by atoms with Gasteiger partial charge in [-0.05, 0) is 57.4 Å². The number of Topliss-reactive ketones (excluding diaryl/α,β-unsaturated/α-hetero) is 1. The third kappa shape index (κ3) is 12.0. The molecule has 11 atom stereocenters. The monoisotopic (exact) mass is 764 g/mol. The van der Waals surface area contributed by atoms with Gasteiger partial charge >= 0.3 is 0 Å². The molecule has 0 radical (unpaired) electrons. The summed E-state index contributed by atoms with van der Waals surface area (Å²) in [6, 6.07) is 0. The van der Waals surface area contributed by atoms with E-state index < -0.39 is 79.2 Å². The molecule has 15 nitrogen and oxygen atoms in total. The molecule has 54 heavy (non-hydrogen) atoms. The van der Waals surface area contributed by atoms with Crippen LogP contribution in [-0.2, 0) is 38.1 Å². The Labute approximate surface area is 317 Å². The number of hydrogen-bond acceptors (Lipinski definition) is 14. The molecule has 304 valence electrons. The summed E-state index contributed by atoms with van der Waals surface area (Å²) in [5.41, 5.74) is 1.35. The number of aliphatic hydroxyl groups is 5. The molecule has 1 saturated heterocycles. The van der Waals surface area contributed by atoms with E-state index in [2.05, 4.69) is 10.6 Å². The van der Waals surface area contributed by atoms with Gasteiger partial charge < -0.3 is 59.9 Å². The third-order valence-corrected chi connectivity index (χ3v) is 10.1. The molecule has 2 aliphatic heterocycles. The quantitative estimate of drug-likeness (QED) is 0.0834. The zero-order valence-electron chi connectivity index (χ0n) is 32.4. The minimum absolute atomic E-state index is 0.135. The van der Waals surface area contributed by atoms with Gasteiger partial charge in [-0.3, -0.25) is 14.4 Å². The lowest BCUT2D eigenvalue weighted by atomic mass is 9.85. The summed E-state index contributed by atoms with van der Waals surface area (Å²) in [5, 5.41) is 56.6. The van der Waals surface area contributed by atoms with E-state index in [9.17, 15) is 39.9 Å². The van der Waals surface area contributed by atoms with Crippen molar-refractivity contribution in [3.63, 3.8) is 0 Å². The fourth-order valence-electron chi connectivity index (χ4n) is 6.84. The molecule has 1 aliphatic carbocycles. The van der Waals surface area contributed by atoms with Gasteiger partial charge in [0.25, 0.3) is 5.91 Å². The van der Waals surface area contributed by atoms with E-state index in [0.29, 0.717) is 37.8 Å². The Morgan fingerprint density at radius 2 is 1.65 bits per heavy atom. The third-order valence-electron chi connectivity index (χ3n) is 10.1. The van der Waals surface area contributed by atoms with Crippen LogP contribution in [0.2, 0.25) is 0 Å². The summed E-state index contributed by atoms with van der Waals surface area (Å²) >= 11 is 0. The molecule has 0 aromatic rings. The van der Waals surface area contributed by atoms with Crippen LogP contribution in [0.1, 0.15) is 59.8 Å². The molecule has 0 unspecified atom stereocenters. The van der Waals surface area contributed by atoms with Crippen molar-refractivity contribution >= 4 is 17.5 Å². The van der Waals surface area contributed by atoms with E-state index in [0.717, 1.165) is 11.6 Å². The number of rotatable bonds is 12. The Morgan fingerprint density at radius 1 is 0.926 bits per heavy atom. The first-order valence-corrected chi connectivity index (χ1v) is 18.5. The van der Waals surface area contributed by atoms with Gasteiger partial charge in [0.15, 0.2) is 6.29 Å². The van der Waals surface area contributed by atoms with Crippen LogP contribution in [0.5, 0.6) is 0 Å². The van der Waals surface area contributed by atoms with Crippen molar-refractivity contribution in [2.45, 2.75) is 115 Å². The van der Waals surface area contributed by atoms with Crippen molar-refractivity contribution in [3.8, 4) is 0 Å². The number of amides is 1. The Bertz CT molecular complexity index is 1440. The van der Waals surface area contributed by atoms with Crippen LogP contribution in [0.4, 0.5) is 0 Å². The summed E-state index contributed by atoms with van der Waals surface area (Å²) in [4.78, 5) is 40.6. The highest BCUT2D eigenvalue weighted by atomic mass is 16.7. The van der Waals surface area contributed by atoms with Gasteiger partial charge in [0, 0.05) is 57.6 Å². The van der Waals surface area contributed by atoms with E-state index in [4.69, 9.17) is 23.7 Å². The Balaban J connectivity index is 1.78. The molecule has 2 heterocycles. The highest BCUT2D eigenvalue weighted by Gasteiger charge is 2.44. The zero-order chi connectivity index (χ0) is 40.1. The Hall–Kier alpha value is -3.09. The van der Waals surface area contributed by atoms with Crippen LogP contribution in [0.15, 0.2) is 58.5 Å². The summed E-state index contributed by atoms with van der Waals surface area (Å²) < 4.78 is 28.1. The average Bonchev–Trinajstić information content (AvgIpc) is 3.14. The second kappa shape index (κ2) is 21.9. The number of hydrogen-bond donors (Lipinski definition) is 7. The molecule has 0 aromatic heterocycles. The molecule has 0 spiro atoms. The molecule has 1 fully saturated rings. The Kier molecular flexibility index (Phi) is 18.3. The lowest BCUT2D eigenvalue weighted by Gasteiger charge is -2.39. The van der Waals surface area contributed by atoms with Gasteiger partial charge in [0.1, 0.15) is 36.6 Å². The predicted octanol–water partition coefficient (Wildman–Crippen LogP) is 0.890. The van der Waals surface area contributed by atoms with E-state index in [1.165, 1.54) is 7.11 Å². The van der Waals surface area contributed by atoms with E-state index >= 15 is 0 Å². The molecule has 15 heteroatoms. The molecule has 2 bridgehead atoms. The minimum atomic E-state index is -1.53. The van der Waals surface area contributed by atoms with Gasteiger partial charge in [-0.15, -0.1) is 0 Å². The SMILES string of the molecule is CO[C@H]1/C=C\C=C(/C)C(=O)NC2=CC(=O)C(NCCCCCO[C@@H]3O[C@H](CO)[C@H](O)[C@H](O)[C@H]3O)=C(C[C@@H](C)C[C@H](OC)[C@H](O)[C@@H](C)/C=C(\C)[C@@H]1OC)C2=O. The number of ether oxygens (including phenoxy) is 5. The topological polar surface area (TPSA) is 223 Å². The van der Waals surface area contributed by atoms with Crippen LogP contribution in [0, 0.1) is 11.8 Å². The number of aliphatic hydroxyl groups excluding tert-OH is 5. The van der Waals surface area contributed by atoms with Crippen LogP contribution >= 0.6 is 0 Å². The van der Waals surface area contributed by atoms with Gasteiger partial charge in [0.05, 0.1) is 30.2 Å². The highest BCUT2D eigenvalue weighted by Crippen LogP contribution is 2.29. The lowest BCUT2D eigenvalue weighted by Crippen LogP contribution is -2.59. The maximum atomic E-state index is 13.9. The van der Waals surface area contributed by atoms with Gasteiger partial charge in [0.2, 0.25) is 11.6 Å². The fourth-order valence-corrected chi connectivity index (χ4v) is 6.84. The summed E-state index contributed by atoms with van der Waals surface area (Å²) in [5.74, 6) is -2.06. The van der Waals surface area contributed by atoms with Gasteiger partial charge in [-0.25, -0.2) is 0 Å². The van der Waals surface area contributed by atoms with E-state index in [1.807, 2.05) is 26.8 Å². The van der Waals surface area contributed by atoms with E-state index in [-0.39, 0.29) is 41.8 Å². The average molecular weight is 765 g/mol. The van der Waals surface area contributed by atoms with Crippen molar-refractivity contribution in [1.29, 1.82) is 0 Å². The standard InChI is InChI=1S/C39H60N2O13/c1-21-16-25-31(40-14-9-8-10-15-53-39-36(48)35(47)34(46)30(20-42)54-39)27(43)19-26(33(25)45)41-38(49)22(2)12-11-13-28(50-5)37(52-7)24(4)18-23(3)32(44)29(17-21)51-6/h11-13,18-19,21,23,28-30,32,34-37,39-40,42,44,46-48H,8-10,14-17,20H2,1-7H3,(H,41,49)/b13-11-,22-12+,24-18+/t21-,23+,28+,29+,30-,32-,34+,35+,36-,37+,39-/m1/s1. The molecule has 3 rings (SSSR count). The number of nitrogens with one attached hydrogen (secondary N) is 2. The molecule has 7 N–H and O–H groups in total. The van der Waals surface area contributed by atoms with Crippen LogP contribution in [0.25, 0.3) is 0 Å². The summed E-state index contributed by atoms with van der Waals surface area (Å²) in [6.07, 6.45) is 1.05. The highest BCUT2D eigenvalue weighted by molar-refractivity contribution is 6.23. The first-order valence-electron chi connectivity index (χ1n) is 18.5. The normalized spacial score (nSPS) is 36.1. The molecule has 0 saturated carbocycles. The lowest BCUT2D eigenvalue weighted by molar-refractivity contribution is -0.301. The second-order valence-corrected chi connectivity index (χ2v) is 14.3. The predicted molar refractivity (Wildman–Crippen MR) is 197 cm³/mol. The first kappa shape index (κ1) is 45.3. The zero-order valence-corrected chi connectivity index (χ0v) is 32.4. The van der Waals surface area contributed by atoms with Crippen LogP contribution in [-0.4, -0.2) is 139 Å². The van der Waals surface area contributed by atoms with Crippen molar-refractivity contribution in [2.75, 3.05) is 41.1 Å². The largest absolute Gasteiger partial charge is 0.394 e. The smallest absolute Gasteiger partial charge is 0.251 e. The maximum absolute atomic E-state index is 13.9. The molecule has 1 amide bonds. The fraction of sp³-hybridized carbons (Fsp3) is 0.667. The van der Waals surface area contributed by atoms with Crippen molar-refractivity contribution in [1.82, 2.24) is 10.6 Å². The number of ketones is 2. The number of methoxy groups -OCH3 is 3. The van der Waals surface area contributed by atoms with Crippen molar-refractivity contribution in [2.24, 2.45) is 11.8 Å². The van der Waals surface area contributed by atoms with Crippen molar-refractivity contribution in [3.05, 3.63) is 58.5 Å². The number of fused-ring (bicyclic) bond motifs is 2. The summed E-state index contributed by atoms with van der Waals surface area (Å²) in [6.45, 7) is 7.22. The Morgan fingerprint density at radius 3 is 2.30 bits per heavy atom. The van der Waals surface area contributed by atoms with E-state index in [1.54, 1.807) is 39.4 Å². The number of carbonyl (C=O) groups excluding carboxylic acids is 3. The van der Waals surface area contributed by atoms with Crippen LogP contribution < -0.4 is 10.6 Å². The van der Waals surface area contributed by atoms with Crippen molar-refractivity contribution < 1.29 is 63.6 Å². The van der Waals surface area contributed by atoms with Gasteiger partial charge in [-0.2, -0.15) is 0 Å². The number of carbonyl (C=O) groups is 3. The second-order valence-electron chi connectivity index (χ2n) is 14.3. The number of unbranched alkanes of at least 4 members (excludes halogenated alkanes) is 2. The number of allylic oxidation sites excluding steroid dienone is 4. The molecule has 0 aromatic carbocycles. The molecular weight excluding hydrogens is 704 g/mol. The minimum Gasteiger partial charge on any atom is -0.394 e. The summed E-state index contributed by atoms with van der Waals surface area (Å²) in [7, 11) is 4.64.